The van der Waals surface area contributed by atoms with Crippen LogP contribution >= 0.6 is 0 Å². The first-order valence-electron chi connectivity index (χ1n) is 4.21. The highest BCUT2D eigenvalue weighted by atomic mass is 14.8. The van der Waals surface area contributed by atoms with Gasteiger partial charge in [-0.25, -0.2) is 0 Å². The lowest BCUT2D eigenvalue weighted by molar-refractivity contribution is 0.985. The normalized spacial score (nSPS) is 21.7. The van der Waals surface area contributed by atoms with Crippen molar-refractivity contribution in [1.82, 2.24) is 5.32 Å². The van der Waals surface area contributed by atoms with Gasteiger partial charge in [-0.2, -0.15) is 0 Å². The first-order chi connectivity index (χ1) is 5.80. The van der Waals surface area contributed by atoms with E-state index in [1.807, 2.05) is 6.20 Å². The zero-order valence-corrected chi connectivity index (χ0v) is 7.67. The van der Waals surface area contributed by atoms with Gasteiger partial charge in [-0.1, -0.05) is 29.9 Å². The lowest BCUT2D eigenvalue weighted by Gasteiger charge is -1.96. The molecule has 1 N–H and O–H groups in total. The van der Waals surface area contributed by atoms with E-state index in [1.165, 1.54) is 11.1 Å². The molecule has 0 radical (unpaired) electrons. The maximum absolute atomic E-state index is 3.17. The lowest BCUT2D eigenvalue weighted by Crippen LogP contribution is -2.02. The van der Waals surface area contributed by atoms with Crippen molar-refractivity contribution in [3.63, 3.8) is 0 Å². The van der Waals surface area contributed by atoms with Crippen LogP contribution in [0.1, 0.15) is 13.8 Å². The third kappa shape index (κ3) is 2.79. The van der Waals surface area contributed by atoms with Crippen LogP contribution in [-0.4, -0.2) is 6.54 Å². The summed E-state index contributed by atoms with van der Waals surface area (Å²) in [6.45, 7) is 5.13. The van der Waals surface area contributed by atoms with Crippen molar-refractivity contribution >= 4 is 0 Å². The van der Waals surface area contributed by atoms with E-state index in [0.29, 0.717) is 0 Å². The van der Waals surface area contributed by atoms with E-state index in [2.05, 4.69) is 49.5 Å². The highest BCUT2D eigenvalue weighted by molar-refractivity contribution is 5.35. The average molecular weight is 161 g/mol. The van der Waals surface area contributed by atoms with E-state index in [1.54, 1.807) is 0 Å². The third-order valence-electron chi connectivity index (χ3n) is 1.72. The number of hydrogen-bond donors (Lipinski definition) is 1. The van der Waals surface area contributed by atoms with Gasteiger partial charge >= 0.3 is 0 Å². The molecule has 0 unspecified atom stereocenters. The number of allylic oxidation sites excluding steroid dienone is 6. The Morgan fingerprint density at radius 3 is 2.83 bits per heavy atom. The molecule has 1 heterocycles. The molecule has 0 aromatic rings. The predicted octanol–water partition coefficient (Wildman–Crippen LogP) is 2.55. The summed E-state index contributed by atoms with van der Waals surface area (Å²) in [6, 6.07) is 0. The Kier molecular flexibility index (Phi) is 3.39. The summed E-state index contributed by atoms with van der Waals surface area (Å²) in [6.07, 6.45) is 12.4. The van der Waals surface area contributed by atoms with Crippen LogP contribution in [0, 0.1) is 0 Å². The number of nitrogens with one attached hydrogen (secondary N) is 1. The summed E-state index contributed by atoms with van der Waals surface area (Å²) >= 11 is 0. The van der Waals surface area contributed by atoms with Crippen LogP contribution in [0.15, 0.2) is 47.7 Å². The van der Waals surface area contributed by atoms with Crippen molar-refractivity contribution in [3.05, 3.63) is 47.7 Å². The minimum Gasteiger partial charge on any atom is -0.387 e. The van der Waals surface area contributed by atoms with Crippen molar-refractivity contribution in [2.75, 3.05) is 6.54 Å². The van der Waals surface area contributed by atoms with Crippen molar-refractivity contribution in [1.29, 1.82) is 0 Å². The lowest BCUT2D eigenvalue weighted by atomic mass is 10.1. The molecule has 1 nitrogen and oxygen atoms in total. The van der Waals surface area contributed by atoms with E-state index in [-0.39, 0.29) is 0 Å². The fraction of sp³-hybridized carbons (Fsp3) is 0.273. The second kappa shape index (κ2) is 4.60. The van der Waals surface area contributed by atoms with E-state index in [0.717, 1.165) is 6.54 Å². The summed E-state index contributed by atoms with van der Waals surface area (Å²) < 4.78 is 0. The highest BCUT2D eigenvalue weighted by Gasteiger charge is 1.88. The van der Waals surface area contributed by atoms with Crippen LogP contribution in [0.3, 0.4) is 0 Å². The molecule has 0 aromatic carbocycles. The van der Waals surface area contributed by atoms with Crippen molar-refractivity contribution in [2.24, 2.45) is 0 Å². The van der Waals surface area contributed by atoms with Gasteiger partial charge in [0.15, 0.2) is 0 Å². The Morgan fingerprint density at radius 2 is 2.08 bits per heavy atom. The zero-order chi connectivity index (χ0) is 8.81. The standard InChI is InChI=1S/C11H15N/c1-10(2)11-6-4-3-5-8-12-9-7-11/h3-7,9,12H,8H2,1-2H3/b5-3-,6-4-,9-7?. The van der Waals surface area contributed by atoms with Gasteiger partial charge in [0.25, 0.3) is 0 Å². The average Bonchev–Trinajstić information content (AvgIpc) is 2.15. The monoisotopic (exact) mass is 161 g/mol. The second-order valence-electron chi connectivity index (χ2n) is 2.98. The molecule has 12 heavy (non-hydrogen) atoms. The van der Waals surface area contributed by atoms with Gasteiger partial charge < -0.3 is 5.32 Å². The van der Waals surface area contributed by atoms with Crippen LogP contribution in [0.25, 0.3) is 0 Å². The van der Waals surface area contributed by atoms with Gasteiger partial charge in [-0.15, -0.1) is 0 Å². The van der Waals surface area contributed by atoms with Gasteiger partial charge in [0.05, 0.1) is 0 Å². The Labute approximate surface area is 74.2 Å². The van der Waals surface area contributed by atoms with E-state index >= 15 is 0 Å². The molecule has 0 atom stereocenters. The van der Waals surface area contributed by atoms with Crippen LogP contribution in [0.5, 0.6) is 0 Å². The molecule has 0 bridgehead atoms. The van der Waals surface area contributed by atoms with Gasteiger partial charge in [0.1, 0.15) is 0 Å². The molecule has 0 saturated heterocycles. The molecule has 0 fully saturated rings. The number of rotatable bonds is 0. The number of hydrogen-bond acceptors (Lipinski definition) is 1. The highest BCUT2D eigenvalue weighted by Crippen LogP contribution is 2.07. The maximum atomic E-state index is 3.17. The van der Waals surface area contributed by atoms with Crippen LogP contribution in [0.4, 0.5) is 0 Å². The van der Waals surface area contributed by atoms with Crippen molar-refractivity contribution in [2.45, 2.75) is 13.8 Å². The quantitative estimate of drug-likeness (QED) is 0.575. The molecule has 64 valence electrons. The summed E-state index contributed by atoms with van der Waals surface area (Å²) in [7, 11) is 0. The van der Waals surface area contributed by atoms with Crippen LogP contribution in [0.2, 0.25) is 0 Å². The van der Waals surface area contributed by atoms with Crippen LogP contribution < -0.4 is 5.32 Å². The molecule has 1 heteroatoms. The Bertz CT molecular complexity index is 250. The Morgan fingerprint density at radius 1 is 1.25 bits per heavy atom. The molecule has 0 aliphatic carbocycles. The maximum Gasteiger partial charge on any atom is 0.0328 e. The summed E-state index contributed by atoms with van der Waals surface area (Å²) in [5.74, 6) is 0. The largest absolute Gasteiger partial charge is 0.387 e. The smallest absolute Gasteiger partial charge is 0.0328 e. The minimum absolute atomic E-state index is 0.900. The summed E-state index contributed by atoms with van der Waals surface area (Å²) in [5.41, 5.74) is 2.61. The van der Waals surface area contributed by atoms with Gasteiger partial charge in [0, 0.05) is 6.54 Å². The van der Waals surface area contributed by atoms with Crippen molar-refractivity contribution < 1.29 is 0 Å². The van der Waals surface area contributed by atoms with Crippen LogP contribution in [-0.2, 0) is 0 Å². The Hall–Kier alpha value is -1.24. The van der Waals surface area contributed by atoms with Crippen molar-refractivity contribution in [3.8, 4) is 0 Å². The summed E-state index contributed by atoms with van der Waals surface area (Å²) in [5, 5.41) is 3.17. The molecule has 1 aliphatic heterocycles. The molecule has 0 spiro atoms. The third-order valence-corrected chi connectivity index (χ3v) is 1.72. The fourth-order valence-electron chi connectivity index (χ4n) is 0.980. The fourth-order valence-corrected chi connectivity index (χ4v) is 0.980. The summed E-state index contributed by atoms with van der Waals surface area (Å²) in [4.78, 5) is 0. The molecule has 0 aromatic heterocycles. The second-order valence-corrected chi connectivity index (χ2v) is 2.98. The first kappa shape index (κ1) is 8.85. The van der Waals surface area contributed by atoms with E-state index < -0.39 is 0 Å². The molecule has 1 aliphatic rings. The topological polar surface area (TPSA) is 12.0 Å². The minimum atomic E-state index is 0.900. The van der Waals surface area contributed by atoms with E-state index in [4.69, 9.17) is 0 Å². The molecule has 0 amide bonds. The SMILES string of the molecule is CC(C)=C1C=CNC/C=C\C=C/1. The van der Waals surface area contributed by atoms with Gasteiger partial charge in [-0.3, -0.25) is 0 Å². The molecular formula is C11H15N. The van der Waals surface area contributed by atoms with Gasteiger partial charge in [0.2, 0.25) is 0 Å². The van der Waals surface area contributed by atoms with Gasteiger partial charge in [-0.05, 0) is 31.7 Å². The zero-order valence-electron chi connectivity index (χ0n) is 7.67. The van der Waals surface area contributed by atoms with E-state index in [9.17, 15) is 0 Å². The predicted molar refractivity (Wildman–Crippen MR) is 53.8 cm³/mol. The molecule has 0 saturated carbocycles. The molecular weight excluding hydrogens is 146 g/mol. The Balaban J connectivity index is 2.85. The molecule has 1 rings (SSSR count). The first-order valence-corrected chi connectivity index (χ1v) is 4.21.